The van der Waals surface area contributed by atoms with E-state index in [4.69, 9.17) is 0 Å². The van der Waals surface area contributed by atoms with Gasteiger partial charge in [-0.25, -0.2) is 9.97 Å². The van der Waals surface area contributed by atoms with Gasteiger partial charge in [0.05, 0.1) is 0 Å². The highest BCUT2D eigenvalue weighted by Crippen LogP contribution is 2.23. The average Bonchev–Trinajstić information content (AvgIpc) is 2.20. The monoisotopic (exact) mass is 177 g/mol. The molecule has 3 nitrogen and oxygen atoms in total. The molecule has 0 bridgehead atoms. The highest BCUT2D eigenvalue weighted by molar-refractivity contribution is 5.19. The number of aryl methyl sites for hydroxylation is 1. The van der Waals surface area contributed by atoms with Crippen LogP contribution in [0.3, 0.4) is 0 Å². The molecule has 0 aromatic carbocycles. The molecule has 0 saturated carbocycles. The molecule has 1 atom stereocenters. The number of nitrogens with zero attached hydrogens (tertiary/aromatic N) is 2. The van der Waals surface area contributed by atoms with Crippen LogP contribution in [0, 0.1) is 6.92 Å². The average molecular weight is 177 g/mol. The Hall–Kier alpha value is -0.960. The van der Waals surface area contributed by atoms with Crippen LogP contribution in [0.4, 0.5) is 0 Å². The van der Waals surface area contributed by atoms with Crippen molar-refractivity contribution < 1.29 is 0 Å². The fourth-order valence-electron chi connectivity index (χ4n) is 1.86. The number of hydrogen-bond acceptors (Lipinski definition) is 3. The van der Waals surface area contributed by atoms with E-state index in [0.717, 1.165) is 12.2 Å². The molecule has 2 heterocycles. The van der Waals surface area contributed by atoms with E-state index in [1.165, 1.54) is 24.8 Å². The van der Waals surface area contributed by atoms with Crippen LogP contribution in [0.25, 0.3) is 0 Å². The smallest absolute Gasteiger partial charge is 0.115 e. The molecule has 1 aliphatic heterocycles. The molecule has 1 N–H and O–H groups in total. The molecule has 3 heteroatoms. The number of nitrogens with one attached hydrogen (secondary N) is 1. The van der Waals surface area contributed by atoms with Gasteiger partial charge in [-0.2, -0.15) is 0 Å². The van der Waals surface area contributed by atoms with Crippen LogP contribution in [0.2, 0.25) is 0 Å². The van der Waals surface area contributed by atoms with Crippen molar-refractivity contribution in [3.63, 3.8) is 0 Å². The minimum absolute atomic E-state index is 0.481. The van der Waals surface area contributed by atoms with Crippen molar-refractivity contribution in [2.75, 3.05) is 6.54 Å². The van der Waals surface area contributed by atoms with Gasteiger partial charge in [0.25, 0.3) is 0 Å². The summed E-state index contributed by atoms with van der Waals surface area (Å²) < 4.78 is 0. The molecule has 70 valence electrons. The molecule has 0 amide bonds. The topological polar surface area (TPSA) is 37.8 Å². The van der Waals surface area contributed by atoms with Gasteiger partial charge in [0.1, 0.15) is 6.33 Å². The van der Waals surface area contributed by atoms with E-state index in [2.05, 4.69) is 15.3 Å². The predicted molar refractivity (Wildman–Crippen MR) is 51.4 cm³/mol. The Morgan fingerprint density at radius 2 is 2.38 bits per heavy atom. The lowest BCUT2D eigenvalue weighted by molar-refractivity contribution is 0.409. The van der Waals surface area contributed by atoms with Gasteiger partial charge in [-0.1, -0.05) is 6.42 Å². The van der Waals surface area contributed by atoms with Gasteiger partial charge in [-0.3, -0.25) is 0 Å². The van der Waals surface area contributed by atoms with Crippen molar-refractivity contribution in [1.82, 2.24) is 15.3 Å². The molecule has 1 fully saturated rings. The summed E-state index contributed by atoms with van der Waals surface area (Å²) in [6.07, 6.45) is 7.37. The zero-order chi connectivity index (χ0) is 9.10. The zero-order valence-electron chi connectivity index (χ0n) is 7.95. The second-order valence-corrected chi connectivity index (χ2v) is 3.57. The van der Waals surface area contributed by atoms with E-state index in [1.54, 1.807) is 6.33 Å². The first-order chi connectivity index (χ1) is 6.38. The summed E-state index contributed by atoms with van der Waals surface area (Å²) >= 11 is 0. The van der Waals surface area contributed by atoms with E-state index in [-0.39, 0.29) is 0 Å². The summed E-state index contributed by atoms with van der Waals surface area (Å²) in [5.41, 5.74) is 2.37. The summed E-state index contributed by atoms with van der Waals surface area (Å²) in [5, 5.41) is 3.50. The fourth-order valence-corrected chi connectivity index (χ4v) is 1.86. The summed E-state index contributed by atoms with van der Waals surface area (Å²) in [5.74, 6) is 0. The summed E-state index contributed by atoms with van der Waals surface area (Å²) in [6, 6.07) is 0.481. The Morgan fingerprint density at radius 1 is 1.46 bits per heavy atom. The molecule has 1 unspecified atom stereocenters. The van der Waals surface area contributed by atoms with E-state index in [0.29, 0.717) is 6.04 Å². The zero-order valence-corrected chi connectivity index (χ0v) is 7.95. The minimum atomic E-state index is 0.481. The van der Waals surface area contributed by atoms with Gasteiger partial charge in [0.15, 0.2) is 0 Å². The molecule has 1 aromatic heterocycles. The second-order valence-electron chi connectivity index (χ2n) is 3.57. The van der Waals surface area contributed by atoms with Gasteiger partial charge in [0, 0.05) is 23.5 Å². The Morgan fingerprint density at radius 3 is 3.08 bits per heavy atom. The predicted octanol–water partition coefficient (Wildman–Crippen LogP) is 1.60. The van der Waals surface area contributed by atoms with Crippen molar-refractivity contribution in [3.05, 3.63) is 23.8 Å². The summed E-state index contributed by atoms with van der Waals surface area (Å²) in [7, 11) is 0. The van der Waals surface area contributed by atoms with Crippen molar-refractivity contribution in [2.45, 2.75) is 32.2 Å². The van der Waals surface area contributed by atoms with Gasteiger partial charge < -0.3 is 5.32 Å². The molecular formula is C10H15N3. The highest BCUT2D eigenvalue weighted by Gasteiger charge is 2.16. The molecule has 0 radical (unpaired) electrons. The maximum atomic E-state index is 4.20. The molecule has 0 aliphatic carbocycles. The standard InChI is InChI=1S/C10H15N3/c1-8-9(6-11-7-13-8)10-4-2-3-5-12-10/h6-7,10,12H,2-5H2,1H3. The van der Waals surface area contributed by atoms with Crippen molar-refractivity contribution in [2.24, 2.45) is 0 Å². The van der Waals surface area contributed by atoms with Gasteiger partial charge in [0.2, 0.25) is 0 Å². The van der Waals surface area contributed by atoms with E-state index in [9.17, 15) is 0 Å². The lowest BCUT2D eigenvalue weighted by atomic mass is 9.98. The minimum Gasteiger partial charge on any atom is -0.310 e. The third-order valence-electron chi connectivity index (χ3n) is 2.64. The Labute approximate surface area is 78.6 Å². The summed E-state index contributed by atoms with van der Waals surface area (Å²) in [6.45, 7) is 3.17. The molecular weight excluding hydrogens is 162 g/mol. The van der Waals surface area contributed by atoms with Crippen LogP contribution in [-0.2, 0) is 0 Å². The quantitative estimate of drug-likeness (QED) is 0.708. The van der Waals surface area contributed by atoms with Gasteiger partial charge in [-0.05, 0) is 26.3 Å². The first kappa shape index (κ1) is 8.63. The van der Waals surface area contributed by atoms with Crippen LogP contribution in [0.5, 0.6) is 0 Å². The van der Waals surface area contributed by atoms with E-state index in [1.807, 2.05) is 13.1 Å². The van der Waals surface area contributed by atoms with Crippen molar-refractivity contribution in [1.29, 1.82) is 0 Å². The lowest BCUT2D eigenvalue weighted by Gasteiger charge is -2.24. The second kappa shape index (κ2) is 3.83. The number of piperidine rings is 1. The van der Waals surface area contributed by atoms with Crippen LogP contribution in [-0.4, -0.2) is 16.5 Å². The number of aromatic nitrogens is 2. The van der Waals surface area contributed by atoms with Crippen LogP contribution < -0.4 is 5.32 Å². The largest absolute Gasteiger partial charge is 0.310 e. The Bertz CT molecular complexity index is 279. The maximum Gasteiger partial charge on any atom is 0.115 e. The third-order valence-corrected chi connectivity index (χ3v) is 2.64. The molecule has 2 rings (SSSR count). The first-order valence-corrected chi connectivity index (χ1v) is 4.88. The fraction of sp³-hybridized carbons (Fsp3) is 0.600. The molecule has 1 aliphatic rings. The molecule has 13 heavy (non-hydrogen) atoms. The normalized spacial score (nSPS) is 23.0. The lowest BCUT2D eigenvalue weighted by Crippen LogP contribution is -2.27. The number of hydrogen-bond donors (Lipinski definition) is 1. The maximum absolute atomic E-state index is 4.20. The number of rotatable bonds is 1. The molecule has 0 spiro atoms. The van der Waals surface area contributed by atoms with Gasteiger partial charge in [-0.15, -0.1) is 0 Å². The molecule has 1 aromatic rings. The highest BCUT2D eigenvalue weighted by atomic mass is 14.9. The Kier molecular flexibility index (Phi) is 2.54. The van der Waals surface area contributed by atoms with Gasteiger partial charge >= 0.3 is 0 Å². The van der Waals surface area contributed by atoms with Crippen molar-refractivity contribution >= 4 is 0 Å². The summed E-state index contributed by atoms with van der Waals surface area (Å²) in [4.78, 5) is 8.27. The van der Waals surface area contributed by atoms with E-state index < -0.39 is 0 Å². The van der Waals surface area contributed by atoms with Crippen molar-refractivity contribution in [3.8, 4) is 0 Å². The van der Waals surface area contributed by atoms with Crippen LogP contribution in [0.1, 0.15) is 36.6 Å². The SMILES string of the molecule is Cc1ncncc1C1CCCCN1. The Balaban J connectivity index is 2.18. The molecule has 1 saturated heterocycles. The van der Waals surface area contributed by atoms with Crippen LogP contribution in [0.15, 0.2) is 12.5 Å². The third kappa shape index (κ3) is 1.86. The van der Waals surface area contributed by atoms with Crippen LogP contribution >= 0.6 is 0 Å². The first-order valence-electron chi connectivity index (χ1n) is 4.88. The van der Waals surface area contributed by atoms with E-state index >= 15 is 0 Å².